The van der Waals surface area contributed by atoms with Gasteiger partial charge in [0.15, 0.2) is 0 Å². The first kappa shape index (κ1) is 7.69. The van der Waals surface area contributed by atoms with Gasteiger partial charge in [-0.05, 0) is 5.21 Å². The number of H-pyrrole nitrogens is 1. The third-order valence-corrected chi connectivity index (χ3v) is 2.67. The summed E-state index contributed by atoms with van der Waals surface area (Å²) >= 11 is 3.10. The summed E-state index contributed by atoms with van der Waals surface area (Å²) in [5, 5.41) is 16.1. The zero-order chi connectivity index (χ0) is 8.23. The topological polar surface area (TPSA) is 67.3 Å². The van der Waals surface area contributed by atoms with Gasteiger partial charge in [-0.1, -0.05) is 11.8 Å². The van der Waals surface area contributed by atoms with Crippen molar-refractivity contribution in [2.75, 3.05) is 0 Å². The molecule has 0 aliphatic carbocycles. The Morgan fingerprint density at radius 2 is 2.58 bits per heavy atom. The largest absolute Gasteiger partial charge is 0.249 e. The molecule has 12 heavy (non-hydrogen) atoms. The van der Waals surface area contributed by atoms with Crippen molar-refractivity contribution < 1.29 is 0 Å². The quantitative estimate of drug-likeness (QED) is 0.745. The summed E-state index contributed by atoms with van der Waals surface area (Å²) in [7, 11) is 0. The third kappa shape index (κ3) is 1.80. The van der Waals surface area contributed by atoms with Crippen LogP contribution >= 0.6 is 23.1 Å². The Balaban J connectivity index is 1.91. The van der Waals surface area contributed by atoms with Gasteiger partial charge in [0.05, 0.1) is 11.2 Å². The minimum atomic E-state index is 0.656. The lowest BCUT2D eigenvalue weighted by Crippen LogP contribution is -1.80. The van der Waals surface area contributed by atoms with Crippen molar-refractivity contribution in [2.45, 2.75) is 10.9 Å². The minimum Gasteiger partial charge on any atom is -0.249 e. The number of nitrogens with zero attached hydrogens (tertiary/aromatic N) is 4. The van der Waals surface area contributed by atoms with Crippen LogP contribution in [0.25, 0.3) is 0 Å². The van der Waals surface area contributed by atoms with Gasteiger partial charge in [0, 0.05) is 11.1 Å². The molecule has 0 aliphatic rings. The third-order valence-electron chi connectivity index (χ3n) is 1.16. The van der Waals surface area contributed by atoms with Crippen molar-refractivity contribution in [3.63, 3.8) is 0 Å². The van der Waals surface area contributed by atoms with Crippen molar-refractivity contribution in [1.29, 1.82) is 0 Å². The second-order valence-electron chi connectivity index (χ2n) is 1.96. The maximum Gasteiger partial charge on any atom is 0.231 e. The number of thioether (sulfide) groups is 1. The fourth-order valence-corrected chi connectivity index (χ4v) is 1.96. The van der Waals surface area contributed by atoms with Crippen LogP contribution < -0.4 is 0 Å². The van der Waals surface area contributed by atoms with Crippen LogP contribution in [0.1, 0.15) is 5.69 Å². The summed E-state index contributed by atoms with van der Waals surface area (Å²) in [5.74, 6) is 0.795. The van der Waals surface area contributed by atoms with Crippen LogP contribution in [0.3, 0.4) is 0 Å². The van der Waals surface area contributed by atoms with Gasteiger partial charge in [0.25, 0.3) is 0 Å². The van der Waals surface area contributed by atoms with E-state index in [1.54, 1.807) is 11.3 Å². The Kier molecular flexibility index (Phi) is 2.33. The fraction of sp³-hybridized carbons (Fsp3) is 0.200. The molecule has 0 saturated heterocycles. The van der Waals surface area contributed by atoms with Gasteiger partial charge < -0.3 is 0 Å². The molecule has 0 atom stereocenters. The van der Waals surface area contributed by atoms with Gasteiger partial charge in [-0.3, -0.25) is 0 Å². The van der Waals surface area contributed by atoms with E-state index in [0.717, 1.165) is 11.4 Å². The van der Waals surface area contributed by atoms with E-state index in [0.29, 0.717) is 5.16 Å². The highest BCUT2D eigenvalue weighted by Crippen LogP contribution is 2.16. The minimum absolute atomic E-state index is 0.656. The molecule has 0 radical (unpaired) electrons. The van der Waals surface area contributed by atoms with Crippen LogP contribution in [0, 0.1) is 0 Å². The van der Waals surface area contributed by atoms with E-state index in [2.05, 4.69) is 25.6 Å². The first-order valence-corrected chi connectivity index (χ1v) is 5.11. The molecule has 2 aromatic rings. The molecule has 7 heteroatoms. The van der Waals surface area contributed by atoms with E-state index in [9.17, 15) is 0 Å². The molecule has 0 amide bonds. The van der Waals surface area contributed by atoms with E-state index < -0.39 is 0 Å². The Hall–Kier alpha value is -0.950. The van der Waals surface area contributed by atoms with Gasteiger partial charge in [0.1, 0.15) is 0 Å². The molecule has 62 valence electrons. The van der Waals surface area contributed by atoms with Gasteiger partial charge in [-0.25, -0.2) is 4.98 Å². The molecule has 0 aliphatic heterocycles. The second-order valence-corrected chi connectivity index (χ2v) is 3.62. The first-order valence-electron chi connectivity index (χ1n) is 3.18. The van der Waals surface area contributed by atoms with Crippen molar-refractivity contribution in [1.82, 2.24) is 25.6 Å². The van der Waals surface area contributed by atoms with E-state index in [-0.39, 0.29) is 0 Å². The van der Waals surface area contributed by atoms with Crippen LogP contribution in [-0.2, 0) is 5.75 Å². The van der Waals surface area contributed by atoms with Crippen LogP contribution in [0.2, 0.25) is 0 Å². The van der Waals surface area contributed by atoms with E-state index >= 15 is 0 Å². The molecular weight excluding hydrogens is 194 g/mol. The Morgan fingerprint density at radius 3 is 3.25 bits per heavy atom. The molecule has 0 spiro atoms. The van der Waals surface area contributed by atoms with Gasteiger partial charge in [-0.15, -0.1) is 21.5 Å². The Bertz CT molecular complexity index is 281. The SMILES string of the molecule is c1nc(CSc2nn[nH]n2)cs1. The number of tetrazole rings is 1. The van der Waals surface area contributed by atoms with E-state index in [1.165, 1.54) is 11.8 Å². The molecule has 0 unspecified atom stereocenters. The lowest BCUT2D eigenvalue weighted by atomic mass is 10.6. The number of hydrogen-bond donors (Lipinski definition) is 1. The summed E-state index contributed by atoms with van der Waals surface area (Å²) in [4.78, 5) is 4.13. The second kappa shape index (κ2) is 3.63. The highest BCUT2D eigenvalue weighted by molar-refractivity contribution is 7.98. The summed E-state index contributed by atoms with van der Waals surface area (Å²) < 4.78 is 0. The van der Waals surface area contributed by atoms with Crippen molar-refractivity contribution in [3.8, 4) is 0 Å². The highest BCUT2D eigenvalue weighted by atomic mass is 32.2. The Morgan fingerprint density at radius 1 is 1.58 bits per heavy atom. The highest BCUT2D eigenvalue weighted by Gasteiger charge is 2.00. The molecule has 1 N–H and O–H groups in total. The number of nitrogens with one attached hydrogen (secondary N) is 1. The van der Waals surface area contributed by atoms with Crippen LogP contribution in [0.15, 0.2) is 16.0 Å². The zero-order valence-electron chi connectivity index (χ0n) is 5.97. The summed E-state index contributed by atoms with van der Waals surface area (Å²) in [5.41, 5.74) is 2.86. The summed E-state index contributed by atoms with van der Waals surface area (Å²) in [6, 6.07) is 0. The first-order chi connectivity index (χ1) is 5.95. The zero-order valence-corrected chi connectivity index (χ0v) is 7.60. The van der Waals surface area contributed by atoms with Gasteiger partial charge in [-0.2, -0.15) is 5.21 Å². The van der Waals surface area contributed by atoms with Gasteiger partial charge >= 0.3 is 0 Å². The van der Waals surface area contributed by atoms with Crippen LogP contribution in [0.4, 0.5) is 0 Å². The standard InChI is InChI=1S/C5H5N5S2/c1-4(6-3-11-1)2-12-5-7-9-10-8-5/h1,3H,2H2,(H,7,8,9,10). The molecule has 2 heterocycles. The molecular formula is C5H5N5S2. The van der Waals surface area contributed by atoms with Gasteiger partial charge in [0.2, 0.25) is 5.16 Å². The number of aromatic amines is 1. The monoisotopic (exact) mass is 199 g/mol. The molecule has 0 aromatic carbocycles. The average Bonchev–Trinajstić information content (AvgIpc) is 2.74. The maximum absolute atomic E-state index is 4.13. The molecule has 0 saturated carbocycles. The smallest absolute Gasteiger partial charge is 0.231 e. The predicted molar refractivity (Wildman–Crippen MR) is 45.9 cm³/mol. The molecule has 2 rings (SSSR count). The van der Waals surface area contributed by atoms with Crippen LogP contribution in [-0.4, -0.2) is 25.6 Å². The lowest BCUT2D eigenvalue weighted by molar-refractivity contribution is 0.881. The van der Waals surface area contributed by atoms with E-state index in [1.807, 2.05) is 10.9 Å². The van der Waals surface area contributed by atoms with Crippen LogP contribution in [0.5, 0.6) is 0 Å². The molecule has 5 nitrogen and oxygen atoms in total. The maximum atomic E-state index is 4.13. The number of rotatable bonds is 3. The van der Waals surface area contributed by atoms with E-state index in [4.69, 9.17) is 0 Å². The molecule has 0 bridgehead atoms. The predicted octanol–water partition coefficient (Wildman–Crippen LogP) is 0.948. The fourth-order valence-electron chi connectivity index (χ4n) is 0.661. The van der Waals surface area contributed by atoms with Crippen molar-refractivity contribution >= 4 is 23.1 Å². The number of aromatic nitrogens is 5. The molecule has 0 fully saturated rings. The lowest BCUT2D eigenvalue weighted by Gasteiger charge is -1.89. The van der Waals surface area contributed by atoms with Crippen molar-refractivity contribution in [3.05, 3.63) is 16.6 Å². The average molecular weight is 199 g/mol. The molecule has 2 aromatic heterocycles. The summed E-state index contributed by atoms with van der Waals surface area (Å²) in [6.45, 7) is 0. The number of hydrogen-bond acceptors (Lipinski definition) is 6. The number of thiazole rings is 1. The normalized spacial score (nSPS) is 10.3. The summed E-state index contributed by atoms with van der Waals surface area (Å²) in [6.07, 6.45) is 0. The Labute approximate surface area is 76.6 Å². The van der Waals surface area contributed by atoms with Crippen molar-refractivity contribution in [2.24, 2.45) is 0 Å².